The van der Waals surface area contributed by atoms with E-state index in [4.69, 9.17) is 0 Å². The van der Waals surface area contributed by atoms with E-state index in [2.05, 4.69) is 56.9 Å². The predicted molar refractivity (Wildman–Crippen MR) is 89.2 cm³/mol. The molecule has 20 heavy (non-hydrogen) atoms. The average molecular weight is 284 g/mol. The summed E-state index contributed by atoms with van der Waals surface area (Å²) >= 11 is 0. The monoisotopic (exact) mass is 283 g/mol. The zero-order chi connectivity index (χ0) is 15.1. The SMILES string of the molecule is CCCN1CCCC(C(C)NCC(C(C)C)N(C)C)C1. The Labute approximate surface area is 127 Å². The number of rotatable bonds is 8. The summed E-state index contributed by atoms with van der Waals surface area (Å²) in [6.07, 6.45) is 4.05. The van der Waals surface area contributed by atoms with Crippen molar-refractivity contribution in [2.24, 2.45) is 11.8 Å². The molecule has 0 aliphatic carbocycles. The summed E-state index contributed by atoms with van der Waals surface area (Å²) < 4.78 is 0. The number of hydrogen-bond acceptors (Lipinski definition) is 3. The molecule has 1 saturated heterocycles. The van der Waals surface area contributed by atoms with Gasteiger partial charge in [-0.15, -0.1) is 0 Å². The molecule has 0 saturated carbocycles. The molecule has 120 valence electrons. The summed E-state index contributed by atoms with van der Waals surface area (Å²) in [6.45, 7) is 14.3. The van der Waals surface area contributed by atoms with Crippen LogP contribution < -0.4 is 5.32 Å². The maximum atomic E-state index is 3.81. The first-order valence-electron chi connectivity index (χ1n) is 8.57. The van der Waals surface area contributed by atoms with Crippen molar-refractivity contribution in [2.75, 3.05) is 40.3 Å². The van der Waals surface area contributed by atoms with Crippen LogP contribution in [0.4, 0.5) is 0 Å². The molecule has 1 fully saturated rings. The number of likely N-dealkylation sites (tertiary alicyclic amines) is 1. The third kappa shape index (κ3) is 5.71. The Morgan fingerprint density at radius 2 is 1.95 bits per heavy atom. The Balaban J connectivity index is 2.39. The molecule has 0 radical (unpaired) electrons. The highest BCUT2D eigenvalue weighted by molar-refractivity contribution is 4.82. The molecule has 0 bridgehead atoms. The lowest BCUT2D eigenvalue weighted by atomic mass is 9.91. The molecule has 1 N–H and O–H groups in total. The van der Waals surface area contributed by atoms with Crippen molar-refractivity contribution < 1.29 is 0 Å². The van der Waals surface area contributed by atoms with Gasteiger partial charge in [0.05, 0.1) is 0 Å². The molecule has 0 aromatic heterocycles. The van der Waals surface area contributed by atoms with E-state index in [1.807, 2.05) is 0 Å². The highest BCUT2D eigenvalue weighted by Gasteiger charge is 2.25. The molecule has 1 heterocycles. The van der Waals surface area contributed by atoms with E-state index in [1.165, 1.54) is 38.9 Å². The largest absolute Gasteiger partial charge is 0.312 e. The van der Waals surface area contributed by atoms with Gasteiger partial charge in [0.15, 0.2) is 0 Å². The minimum atomic E-state index is 0.632. The Kier molecular flexibility index (Phi) is 8.08. The van der Waals surface area contributed by atoms with E-state index in [-0.39, 0.29) is 0 Å². The molecule has 1 aliphatic heterocycles. The van der Waals surface area contributed by atoms with Gasteiger partial charge in [-0.25, -0.2) is 0 Å². The van der Waals surface area contributed by atoms with E-state index < -0.39 is 0 Å². The topological polar surface area (TPSA) is 18.5 Å². The zero-order valence-electron chi connectivity index (χ0n) is 14.7. The molecular weight excluding hydrogens is 246 g/mol. The molecule has 0 spiro atoms. The van der Waals surface area contributed by atoms with Gasteiger partial charge in [0.25, 0.3) is 0 Å². The molecule has 0 aromatic carbocycles. The van der Waals surface area contributed by atoms with E-state index in [0.29, 0.717) is 18.0 Å². The highest BCUT2D eigenvalue weighted by atomic mass is 15.1. The Bertz CT molecular complexity index is 243. The van der Waals surface area contributed by atoms with Crippen molar-refractivity contribution in [1.29, 1.82) is 0 Å². The molecule has 3 nitrogen and oxygen atoms in total. The number of nitrogens with one attached hydrogen (secondary N) is 1. The lowest BCUT2D eigenvalue weighted by molar-refractivity contribution is 0.143. The third-order valence-corrected chi connectivity index (χ3v) is 4.87. The number of piperidine rings is 1. The standard InChI is InChI=1S/C17H37N3/c1-7-10-20-11-8-9-16(13-20)15(4)18-12-17(14(2)3)19(5)6/h14-18H,7-13H2,1-6H3. The maximum Gasteiger partial charge on any atom is 0.0237 e. The van der Waals surface area contributed by atoms with Crippen molar-refractivity contribution in [3.8, 4) is 0 Å². The molecule has 3 unspecified atom stereocenters. The van der Waals surface area contributed by atoms with E-state index in [9.17, 15) is 0 Å². The highest BCUT2D eigenvalue weighted by Crippen LogP contribution is 2.20. The fraction of sp³-hybridized carbons (Fsp3) is 1.00. The first-order chi connectivity index (χ1) is 9.45. The lowest BCUT2D eigenvalue weighted by Crippen LogP contribution is -2.49. The number of hydrogen-bond donors (Lipinski definition) is 1. The summed E-state index contributed by atoms with van der Waals surface area (Å²) in [5.41, 5.74) is 0. The lowest BCUT2D eigenvalue weighted by Gasteiger charge is -2.37. The van der Waals surface area contributed by atoms with Crippen LogP contribution >= 0.6 is 0 Å². The van der Waals surface area contributed by atoms with Gasteiger partial charge in [-0.05, 0) is 65.2 Å². The van der Waals surface area contributed by atoms with Crippen LogP contribution in [-0.4, -0.2) is 62.2 Å². The van der Waals surface area contributed by atoms with Crippen LogP contribution in [0.25, 0.3) is 0 Å². The molecule has 1 rings (SSSR count). The second-order valence-electron chi connectivity index (χ2n) is 7.17. The van der Waals surface area contributed by atoms with E-state index in [1.54, 1.807) is 0 Å². The first-order valence-corrected chi connectivity index (χ1v) is 8.57. The molecule has 0 aromatic rings. The molecule has 1 aliphatic rings. The first kappa shape index (κ1) is 17.9. The van der Waals surface area contributed by atoms with E-state index >= 15 is 0 Å². The average Bonchev–Trinajstić information content (AvgIpc) is 2.38. The van der Waals surface area contributed by atoms with Crippen molar-refractivity contribution in [2.45, 2.75) is 59.0 Å². The van der Waals surface area contributed by atoms with Gasteiger partial charge < -0.3 is 15.1 Å². The van der Waals surface area contributed by atoms with Crippen LogP contribution in [0.3, 0.4) is 0 Å². The molecular formula is C17H37N3. The summed E-state index contributed by atoms with van der Waals surface area (Å²) in [5, 5.41) is 3.81. The molecule has 3 atom stereocenters. The predicted octanol–water partition coefficient (Wildman–Crippen LogP) is 2.67. The Hall–Kier alpha value is -0.120. The summed E-state index contributed by atoms with van der Waals surface area (Å²) in [6, 6.07) is 1.27. The molecule has 3 heteroatoms. The van der Waals surface area contributed by atoms with Gasteiger partial charge in [-0.2, -0.15) is 0 Å². The minimum Gasteiger partial charge on any atom is -0.312 e. The molecule has 0 amide bonds. The van der Waals surface area contributed by atoms with Gasteiger partial charge in [0, 0.05) is 25.2 Å². The zero-order valence-corrected chi connectivity index (χ0v) is 14.7. The van der Waals surface area contributed by atoms with E-state index in [0.717, 1.165) is 12.5 Å². The van der Waals surface area contributed by atoms with Crippen molar-refractivity contribution in [1.82, 2.24) is 15.1 Å². The van der Waals surface area contributed by atoms with Gasteiger partial charge in [-0.1, -0.05) is 20.8 Å². The quantitative estimate of drug-likeness (QED) is 0.739. The number of nitrogens with zero attached hydrogens (tertiary/aromatic N) is 2. The summed E-state index contributed by atoms with van der Waals surface area (Å²) in [5.74, 6) is 1.53. The van der Waals surface area contributed by atoms with Gasteiger partial charge in [-0.3, -0.25) is 0 Å². The third-order valence-electron chi connectivity index (χ3n) is 4.87. The fourth-order valence-corrected chi connectivity index (χ4v) is 3.51. The summed E-state index contributed by atoms with van der Waals surface area (Å²) in [4.78, 5) is 5.01. The van der Waals surface area contributed by atoms with Gasteiger partial charge in [0.1, 0.15) is 0 Å². The van der Waals surface area contributed by atoms with Crippen LogP contribution in [0.1, 0.15) is 47.0 Å². The van der Waals surface area contributed by atoms with Gasteiger partial charge >= 0.3 is 0 Å². The van der Waals surface area contributed by atoms with Crippen LogP contribution in [-0.2, 0) is 0 Å². The van der Waals surface area contributed by atoms with Crippen LogP contribution in [0, 0.1) is 11.8 Å². The number of likely N-dealkylation sites (N-methyl/N-ethyl adjacent to an activating group) is 1. The van der Waals surface area contributed by atoms with Crippen LogP contribution in [0.15, 0.2) is 0 Å². The Morgan fingerprint density at radius 3 is 2.50 bits per heavy atom. The summed E-state index contributed by atoms with van der Waals surface area (Å²) in [7, 11) is 4.39. The minimum absolute atomic E-state index is 0.632. The normalized spacial score (nSPS) is 24.3. The van der Waals surface area contributed by atoms with Gasteiger partial charge in [0.2, 0.25) is 0 Å². The fourth-order valence-electron chi connectivity index (χ4n) is 3.51. The maximum absolute atomic E-state index is 3.81. The van der Waals surface area contributed by atoms with Crippen LogP contribution in [0.2, 0.25) is 0 Å². The van der Waals surface area contributed by atoms with Crippen molar-refractivity contribution >= 4 is 0 Å². The Morgan fingerprint density at radius 1 is 1.25 bits per heavy atom. The second kappa shape index (κ2) is 9.01. The van der Waals surface area contributed by atoms with Crippen LogP contribution in [0.5, 0.6) is 0 Å². The smallest absolute Gasteiger partial charge is 0.0237 e. The van der Waals surface area contributed by atoms with Crippen molar-refractivity contribution in [3.05, 3.63) is 0 Å². The second-order valence-corrected chi connectivity index (χ2v) is 7.17. The van der Waals surface area contributed by atoms with Crippen molar-refractivity contribution in [3.63, 3.8) is 0 Å².